The number of rotatable bonds is 8. The lowest BCUT2D eigenvalue weighted by atomic mass is 10.2. The van der Waals surface area contributed by atoms with Gasteiger partial charge in [0.15, 0.2) is 0 Å². The Kier molecular flexibility index (Phi) is 6.50. The molecule has 1 aliphatic rings. The number of sulfonamides is 1. The molecule has 0 radical (unpaired) electrons. The van der Waals surface area contributed by atoms with Crippen molar-refractivity contribution >= 4 is 15.7 Å². The number of imidazole rings is 1. The number of ether oxygens (including phenoxy) is 1. The summed E-state index contributed by atoms with van der Waals surface area (Å²) in [6, 6.07) is 4.74. The molecule has 1 N–H and O–H groups in total. The number of aromatic nitrogens is 2. The van der Waals surface area contributed by atoms with Crippen LogP contribution in [0.4, 0.5) is 14.5 Å². The molecule has 0 amide bonds. The standard InChI is InChI=1S/C18H24F2N4O3S/c1-2-27-15-7-6-14(22-13-17-21-8-11-24(17)18(19)20)12-16(15)28(25,26)23-9-4-3-5-10-23/h6-8,11-12,18,22H,2-5,9-10,13H2,1H3. The maximum Gasteiger partial charge on any atom is 0.319 e. The van der Waals surface area contributed by atoms with Crippen molar-refractivity contribution in [3.05, 3.63) is 36.4 Å². The Morgan fingerprint density at radius 3 is 2.68 bits per heavy atom. The van der Waals surface area contributed by atoms with Gasteiger partial charge in [-0.15, -0.1) is 0 Å². The van der Waals surface area contributed by atoms with Crippen molar-refractivity contribution in [2.24, 2.45) is 0 Å². The fourth-order valence-electron chi connectivity index (χ4n) is 3.18. The lowest BCUT2D eigenvalue weighted by Crippen LogP contribution is -2.35. The van der Waals surface area contributed by atoms with Gasteiger partial charge in [0.2, 0.25) is 10.0 Å². The average Bonchev–Trinajstić information content (AvgIpc) is 3.17. The second-order valence-corrected chi connectivity index (χ2v) is 8.35. The van der Waals surface area contributed by atoms with Gasteiger partial charge in [0.05, 0.1) is 13.2 Å². The van der Waals surface area contributed by atoms with E-state index in [1.807, 2.05) is 0 Å². The molecular formula is C18H24F2N4O3S. The molecule has 2 aromatic rings. The van der Waals surface area contributed by atoms with E-state index in [0.29, 0.717) is 25.4 Å². The second-order valence-electron chi connectivity index (χ2n) is 6.44. The Labute approximate surface area is 163 Å². The van der Waals surface area contributed by atoms with Gasteiger partial charge in [-0.3, -0.25) is 4.57 Å². The summed E-state index contributed by atoms with van der Waals surface area (Å²) in [5.74, 6) is 0.442. The third-order valence-corrected chi connectivity index (χ3v) is 6.51. The molecule has 1 saturated heterocycles. The monoisotopic (exact) mass is 414 g/mol. The van der Waals surface area contributed by atoms with Crippen LogP contribution in [0, 0.1) is 0 Å². The van der Waals surface area contributed by atoms with Crippen LogP contribution in [-0.4, -0.2) is 42.0 Å². The van der Waals surface area contributed by atoms with Crippen LogP contribution in [-0.2, 0) is 16.6 Å². The maximum atomic E-state index is 13.1. The van der Waals surface area contributed by atoms with Gasteiger partial charge < -0.3 is 10.1 Å². The van der Waals surface area contributed by atoms with Gasteiger partial charge in [0, 0.05) is 31.2 Å². The number of hydrogen-bond donors (Lipinski definition) is 1. The average molecular weight is 414 g/mol. The molecule has 154 valence electrons. The topological polar surface area (TPSA) is 76.5 Å². The van der Waals surface area contributed by atoms with Gasteiger partial charge in [-0.2, -0.15) is 13.1 Å². The second kappa shape index (κ2) is 8.87. The van der Waals surface area contributed by atoms with Gasteiger partial charge in [-0.1, -0.05) is 6.42 Å². The minimum absolute atomic E-state index is 0.0362. The minimum Gasteiger partial charge on any atom is -0.492 e. The summed E-state index contributed by atoms with van der Waals surface area (Å²) in [6.07, 6.45) is 5.18. The van der Waals surface area contributed by atoms with E-state index in [9.17, 15) is 17.2 Å². The van der Waals surface area contributed by atoms with E-state index in [1.165, 1.54) is 22.8 Å². The van der Waals surface area contributed by atoms with Crippen molar-refractivity contribution in [2.45, 2.75) is 44.2 Å². The zero-order valence-corrected chi connectivity index (χ0v) is 16.5. The first kappa shape index (κ1) is 20.5. The molecule has 2 heterocycles. The molecular weight excluding hydrogens is 390 g/mol. The quantitative estimate of drug-likeness (QED) is 0.716. The van der Waals surface area contributed by atoms with Gasteiger partial charge >= 0.3 is 6.55 Å². The molecule has 0 atom stereocenters. The number of benzene rings is 1. The molecule has 10 heteroatoms. The zero-order chi connectivity index (χ0) is 20.1. The summed E-state index contributed by atoms with van der Waals surface area (Å²) in [5.41, 5.74) is 0.489. The van der Waals surface area contributed by atoms with Gasteiger partial charge in [-0.05, 0) is 38.0 Å². The van der Waals surface area contributed by atoms with Crippen LogP contribution in [0.3, 0.4) is 0 Å². The number of anilines is 1. The van der Waals surface area contributed by atoms with E-state index >= 15 is 0 Å². The predicted octanol–water partition coefficient (Wildman–Crippen LogP) is 3.46. The molecule has 7 nitrogen and oxygen atoms in total. The summed E-state index contributed by atoms with van der Waals surface area (Å²) < 4.78 is 59.9. The largest absolute Gasteiger partial charge is 0.492 e. The minimum atomic E-state index is -3.70. The zero-order valence-electron chi connectivity index (χ0n) is 15.6. The highest BCUT2D eigenvalue weighted by Crippen LogP contribution is 2.31. The molecule has 0 saturated carbocycles. The Morgan fingerprint density at radius 2 is 2.00 bits per heavy atom. The Hall–Kier alpha value is -2.20. The fourth-order valence-corrected chi connectivity index (χ4v) is 4.85. The molecule has 1 fully saturated rings. The summed E-state index contributed by atoms with van der Waals surface area (Å²) in [5, 5.41) is 2.97. The lowest BCUT2D eigenvalue weighted by molar-refractivity contribution is 0.0673. The van der Waals surface area contributed by atoms with Crippen molar-refractivity contribution in [1.29, 1.82) is 0 Å². The number of halogens is 2. The van der Waals surface area contributed by atoms with Crippen LogP contribution in [0.5, 0.6) is 5.75 Å². The smallest absolute Gasteiger partial charge is 0.319 e. The molecule has 1 aromatic heterocycles. The van der Waals surface area contributed by atoms with Gasteiger partial charge in [0.25, 0.3) is 0 Å². The van der Waals surface area contributed by atoms with Crippen LogP contribution >= 0.6 is 0 Å². The molecule has 0 aliphatic carbocycles. The van der Waals surface area contributed by atoms with E-state index in [4.69, 9.17) is 4.74 Å². The van der Waals surface area contributed by atoms with Crippen LogP contribution in [0.2, 0.25) is 0 Å². The molecule has 0 spiro atoms. The maximum absolute atomic E-state index is 13.1. The summed E-state index contributed by atoms with van der Waals surface area (Å²) >= 11 is 0. The third-order valence-electron chi connectivity index (χ3n) is 4.59. The number of piperidine rings is 1. The first-order chi connectivity index (χ1) is 13.4. The summed E-state index contributed by atoms with van der Waals surface area (Å²) in [4.78, 5) is 4.00. The normalized spacial score (nSPS) is 15.7. The van der Waals surface area contributed by atoms with Gasteiger partial charge in [-0.25, -0.2) is 13.4 Å². The van der Waals surface area contributed by atoms with Crippen molar-refractivity contribution in [2.75, 3.05) is 25.0 Å². The fraction of sp³-hybridized carbons (Fsp3) is 0.500. The lowest BCUT2D eigenvalue weighted by Gasteiger charge is -2.27. The van der Waals surface area contributed by atoms with Crippen molar-refractivity contribution in [3.63, 3.8) is 0 Å². The van der Waals surface area contributed by atoms with Crippen molar-refractivity contribution in [1.82, 2.24) is 13.9 Å². The van der Waals surface area contributed by atoms with Crippen LogP contribution in [0.1, 0.15) is 38.6 Å². The molecule has 1 aliphatic heterocycles. The molecule has 1 aromatic carbocycles. The third kappa shape index (κ3) is 4.44. The predicted molar refractivity (Wildman–Crippen MR) is 101 cm³/mol. The highest BCUT2D eigenvalue weighted by Gasteiger charge is 2.29. The van der Waals surface area contributed by atoms with Crippen LogP contribution in [0.25, 0.3) is 0 Å². The van der Waals surface area contributed by atoms with Crippen molar-refractivity contribution in [3.8, 4) is 5.75 Å². The van der Waals surface area contributed by atoms with E-state index in [2.05, 4.69) is 10.3 Å². The SMILES string of the molecule is CCOc1ccc(NCc2nccn2C(F)F)cc1S(=O)(=O)N1CCCCC1. The highest BCUT2D eigenvalue weighted by molar-refractivity contribution is 7.89. The van der Waals surface area contributed by atoms with E-state index in [1.54, 1.807) is 19.1 Å². The number of alkyl halides is 2. The highest BCUT2D eigenvalue weighted by atomic mass is 32.2. The Balaban J connectivity index is 1.85. The molecule has 3 rings (SSSR count). The van der Waals surface area contributed by atoms with Crippen LogP contribution in [0.15, 0.2) is 35.5 Å². The van der Waals surface area contributed by atoms with E-state index in [0.717, 1.165) is 23.8 Å². The molecule has 0 bridgehead atoms. The summed E-state index contributed by atoms with van der Waals surface area (Å²) in [7, 11) is -3.70. The van der Waals surface area contributed by atoms with Gasteiger partial charge in [0.1, 0.15) is 16.5 Å². The van der Waals surface area contributed by atoms with E-state index < -0.39 is 16.6 Å². The first-order valence-corrected chi connectivity index (χ1v) is 10.7. The molecule has 0 unspecified atom stereocenters. The van der Waals surface area contributed by atoms with Crippen LogP contribution < -0.4 is 10.1 Å². The Morgan fingerprint density at radius 1 is 1.25 bits per heavy atom. The van der Waals surface area contributed by atoms with Crippen molar-refractivity contribution < 1.29 is 21.9 Å². The number of nitrogens with zero attached hydrogens (tertiary/aromatic N) is 3. The van der Waals surface area contributed by atoms with E-state index in [-0.39, 0.29) is 23.0 Å². The summed E-state index contributed by atoms with van der Waals surface area (Å²) in [6.45, 7) is 0.438. The number of nitrogens with one attached hydrogen (secondary N) is 1. The Bertz CT molecular complexity index is 896. The first-order valence-electron chi connectivity index (χ1n) is 9.24. The molecule has 28 heavy (non-hydrogen) atoms. The number of hydrogen-bond acceptors (Lipinski definition) is 5.